The van der Waals surface area contributed by atoms with Crippen LogP contribution in [-0.2, 0) is 0 Å². The van der Waals surface area contributed by atoms with Crippen LogP contribution >= 0.6 is 11.3 Å². The first-order valence-corrected chi connectivity index (χ1v) is 19.6. The van der Waals surface area contributed by atoms with Gasteiger partial charge in [-0.3, -0.25) is 0 Å². The van der Waals surface area contributed by atoms with Crippen molar-refractivity contribution in [1.29, 1.82) is 0 Å². The van der Waals surface area contributed by atoms with Crippen molar-refractivity contribution in [1.82, 2.24) is 4.57 Å². The highest BCUT2D eigenvalue weighted by Crippen LogP contribution is 2.43. The number of para-hydroxylation sites is 1. The smallest absolute Gasteiger partial charge is 0.0640 e. The lowest BCUT2D eigenvalue weighted by Gasteiger charge is -2.26. The molecule has 0 aliphatic heterocycles. The van der Waals surface area contributed by atoms with Crippen LogP contribution in [0.4, 0.5) is 17.1 Å². The molecule has 2 nitrogen and oxygen atoms in total. The number of hydrogen-bond donors (Lipinski definition) is 0. The van der Waals surface area contributed by atoms with Gasteiger partial charge in [0.1, 0.15) is 0 Å². The van der Waals surface area contributed by atoms with Crippen LogP contribution in [-0.4, -0.2) is 4.57 Å². The summed E-state index contributed by atoms with van der Waals surface area (Å²) in [6, 6.07) is 75.2. The third-order valence-electron chi connectivity index (χ3n) is 11.0. The molecule has 0 unspecified atom stereocenters. The lowest BCUT2D eigenvalue weighted by molar-refractivity contribution is 1.20. The molecule has 0 spiro atoms. The Hall–Kier alpha value is -6.94. The van der Waals surface area contributed by atoms with Gasteiger partial charge in [-0.05, 0) is 93.7 Å². The average Bonchev–Trinajstić information content (AvgIpc) is 3.80. The Balaban J connectivity index is 1.08. The van der Waals surface area contributed by atoms with Crippen molar-refractivity contribution in [2.45, 2.75) is 0 Å². The summed E-state index contributed by atoms with van der Waals surface area (Å²) in [6.07, 6.45) is 0. The number of thiophene rings is 1. The standard InChI is InChI=1S/C52H34N2S/c1-2-12-35(13-3-1)37-24-28-41(29-25-37)53(43-30-26-36-14-4-5-15-38(36)32-43)42-17-10-16-39(33-42)40-27-31-45-44-18-6-8-21-48(44)54(50(45)34-40)49-22-11-20-47-46-19-7-9-23-51(46)55-52(47)49/h1-34H. The largest absolute Gasteiger partial charge is 0.310 e. The molecule has 3 heteroatoms. The van der Waals surface area contributed by atoms with Gasteiger partial charge in [0.05, 0.1) is 21.4 Å². The lowest BCUT2D eigenvalue weighted by atomic mass is 10.0. The predicted molar refractivity (Wildman–Crippen MR) is 237 cm³/mol. The van der Waals surface area contributed by atoms with E-state index in [4.69, 9.17) is 0 Å². The van der Waals surface area contributed by atoms with Gasteiger partial charge in [-0.15, -0.1) is 11.3 Å². The zero-order valence-corrected chi connectivity index (χ0v) is 30.7. The molecular formula is C52H34N2S. The van der Waals surface area contributed by atoms with E-state index in [2.05, 4.69) is 216 Å². The minimum atomic E-state index is 1.11. The third-order valence-corrected chi connectivity index (χ3v) is 12.2. The zero-order valence-electron chi connectivity index (χ0n) is 29.9. The van der Waals surface area contributed by atoms with Crippen molar-refractivity contribution in [2.75, 3.05) is 4.90 Å². The summed E-state index contributed by atoms with van der Waals surface area (Å²) in [5.41, 5.74) is 11.7. The first kappa shape index (κ1) is 31.6. The summed E-state index contributed by atoms with van der Waals surface area (Å²) in [6.45, 7) is 0. The van der Waals surface area contributed by atoms with E-state index in [1.165, 1.54) is 80.7 Å². The molecule has 0 atom stereocenters. The molecule has 0 saturated carbocycles. The molecule has 258 valence electrons. The molecule has 0 aliphatic carbocycles. The topological polar surface area (TPSA) is 8.17 Å². The van der Waals surface area contributed by atoms with Gasteiger partial charge in [0.15, 0.2) is 0 Å². The second kappa shape index (κ2) is 12.9. The van der Waals surface area contributed by atoms with Crippen LogP contribution in [0, 0.1) is 0 Å². The molecule has 0 amide bonds. The van der Waals surface area contributed by atoms with Crippen LogP contribution < -0.4 is 4.90 Å². The Kier molecular flexibility index (Phi) is 7.39. The van der Waals surface area contributed by atoms with E-state index in [1.807, 2.05) is 11.3 Å². The van der Waals surface area contributed by atoms with Crippen molar-refractivity contribution in [3.63, 3.8) is 0 Å². The minimum Gasteiger partial charge on any atom is -0.310 e. The van der Waals surface area contributed by atoms with Gasteiger partial charge in [0, 0.05) is 43.3 Å². The van der Waals surface area contributed by atoms with E-state index in [1.54, 1.807) is 0 Å². The molecule has 0 radical (unpaired) electrons. The fraction of sp³-hybridized carbons (Fsp3) is 0. The van der Waals surface area contributed by atoms with Gasteiger partial charge < -0.3 is 9.47 Å². The molecule has 0 saturated heterocycles. The molecule has 11 rings (SSSR count). The Bertz CT molecular complexity index is 3210. The Labute approximate surface area is 323 Å². The first-order valence-electron chi connectivity index (χ1n) is 18.8. The van der Waals surface area contributed by atoms with Crippen LogP contribution in [0.1, 0.15) is 0 Å². The predicted octanol–water partition coefficient (Wildman–Crippen LogP) is 15.1. The third kappa shape index (κ3) is 5.32. The van der Waals surface area contributed by atoms with Crippen LogP contribution in [0.25, 0.3) is 80.7 Å². The lowest BCUT2D eigenvalue weighted by Crippen LogP contribution is -2.10. The summed E-state index contributed by atoms with van der Waals surface area (Å²) in [5, 5.41) is 7.58. The second-order valence-corrected chi connectivity index (χ2v) is 15.2. The number of nitrogens with zero attached hydrogens (tertiary/aromatic N) is 2. The number of anilines is 3. The highest BCUT2D eigenvalue weighted by atomic mass is 32.1. The molecule has 55 heavy (non-hydrogen) atoms. The van der Waals surface area contributed by atoms with Crippen molar-refractivity contribution < 1.29 is 0 Å². The first-order chi connectivity index (χ1) is 27.3. The van der Waals surface area contributed by atoms with E-state index in [9.17, 15) is 0 Å². The summed E-state index contributed by atoms with van der Waals surface area (Å²) in [4.78, 5) is 2.38. The normalized spacial score (nSPS) is 11.6. The maximum absolute atomic E-state index is 2.48. The summed E-state index contributed by atoms with van der Waals surface area (Å²) in [5.74, 6) is 0. The number of aromatic nitrogens is 1. The van der Waals surface area contributed by atoms with Crippen molar-refractivity contribution >= 4 is 81.1 Å². The monoisotopic (exact) mass is 718 g/mol. The fourth-order valence-electron chi connectivity index (χ4n) is 8.34. The summed E-state index contributed by atoms with van der Waals surface area (Å²) in [7, 11) is 0. The SMILES string of the molecule is c1ccc(-c2ccc(N(c3cccc(-c4ccc5c6ccccc6n(-c6cccc7c6sc6ccccc67)c5c4)c3)c3ccc4ccccc4c3)cc2)cc1. The Morgan fingerprint density at radius 3 is 1.85 bits per heavy atom. The van der Waals surface area contributed by atoms with E-state index < -0.39 is 0 Å². The van der Waals surface area contributed by atoms with Gasteiger partial charge in [0.25, 0.3) is 0 Å². The second-order valence-electron chi connectivity index (χ2n) is 14.2. The molecule has 2 heterocycles. The van der Waals surface area contributed by atoms with Gasteiger partial charge >= 0.3 is 0 Å². The molecular weight excluding hydrogens is 685 g/mol. The summed E-state index contributed by atoms with van der Waals surface area (Å²) >= 11 is 1.88. The van der Waals surface area contributed by atoms with Gasteiger partial charge in [-0.25, -0.2) is 0 Å². The van der Waals surface area contributed by atoms with Crippen LogP contribution in [0.15, 0.2) is 206 Å². The Morgan fingerprint density at radius 2 is 0.964 bits per heavy atom. The zero-order chi connectivity index (χ0) is 36.3. The maximum atomic E-state index is 2.48. The molecule has 2 aromatic heterocycles. The van der Waals surface area contributed by atoms with Crippen LogP contribution in [0.3, 0.4) is 0 Å². The van der Waals surface area contributed by atoms with Gasteiger partial charge in [0.2, 0.25) is 0 Å². The van der Waals surface area contributed by atoms with Crippen molar-refractivity contribution in [3.05, 3.63) is 206 Å². The number of benzene rings is 9. The molecule has 9 aromatic carbocycles. The maximum Gasteiger partial charge on any atom is 0.0640 e. The van der Waals surface area contributed by atoms with Crippen molar-refractivity contribution in [2.24, 2.45) is 0 Å². The molecule has 0 N–H and O–H groups in total. The number of hydrogen-bond acceptors (Lipinski definition) is 2. The summed E-state index contributed by atoms with van der Waals surface area (Å²) < 4.78 is 5.10. The molecule has 11 aromatic rings. The highest BCUT2D eigenvalue weighted by molar-refractivity contribution is 7.26. The van der Waals surface area contributed by atoms with Crippen LogP contribution in [0.5, 0.6) is 0 Å². The highest BCUT2D eigenvalue weighted by Gasteiger charge is 2.18. The van der Waals surface area contributed by atoms with Gasteiger partial charge in [-0.1, -0.05) is 146 Å². The number of rotatable bonds is 6. The minimum absolute atomic E-state index is 1.11. The fourth-order valence-corrected chi connectivity index (χ4v) is 9.55. The van der Waals surface area contributed by atoms with Gasteiger partial charge in [-0.2, -0.15) is 0 Å². The molecule has 0 bridgehead atoms. The Morgan fingerprint density at radius 1 is 0.345 bits per heavy atom. The van der Waals surface area contributed by atoms with Crippen molar-refractivity contribution in [3.8, 4) is 27.9 Å². The quantitative estimate of drug-likeness (QED) is 0.166. The van der Waals surface area contributed by atoms with E-state index in [0.29, 0.717) is 0 Å². The molecule has 0 aliphatic rings. The average molecular weight is 719 g/mol. The van der Waals surface area contributed by atoms with Crippen LogP contribution in [0.2, 0.25) is 0 Å². The van der Waals surface area contributed by atoms with E-state index >= 15 is 0 Å². The molecule has 0 fully saturated rings. The number of fused-ring (bicyclic) bond motifs is 7. The van der Waals surface area contributed by atoms with E-state index in [-0.39, 0.29) is 0 Å². The van der Waals surface area contributed by atoms with E-state index in [0.717, 1.165) is 17.1 Å².